The number of hydrogen-bond acceptors (Lipinski definition) is 4. The largest absolute Gasteiger partial charge is 0.463 e. The minimum absolute atomic E-state index is 0.139. The van der Waals surface area contributed by atoms with Gasteiger partial charge in [0.2, 0.25) is 0 Å². The summed E-state index contributed by atoms with van der Waals surface area (Å²) in [6.07, 6.45) is 5.37. The fourth-order valence-electron chi connectivity index (χ4n) is 3.73. The predicted octanol–water partition coefficient (Wildman–Crippen LogP) is 4.65. The standard InChI is InChI=1S/C26H23N5O2/c1-29(17-21-16-27-30(19-21)18-20-9-4-2-5-10-20)26(32)24-15-23(25-13-8-14-33-25)28-31(24)22-11-6-3-7-12-22/h2-16,19H,17-18H2,1H3. The second kappa shape index (κ2) is 9.00. The fourth-order valence-corrected chi connectivity index (χ4v) is 3.73. The Morgan fingerprint density at radius 1 is 0.970 bits per heavy atom. The molecule has 0 saturated carbocycles. The maximum absolute atomic E-state index is 13.4. The molecule has 0 aliphatic heterocycles. The van der Waals surface area contributed by atoms with Crippen molar-refractivity contribution < 1.29 is 9.21 Å². The SMILES string of the molecule is CN(Cc1cnn(Cc2ccccc2)c1)C(=O)c1cc(-c2ccco2)nn1-c1ccccc1. The van der Waals surface area contributed by atoms with Crippen molar-refractivity contribution in [1.29, 1.82) is 0 Å². The Morgan fingerprint density at radius 3 is 2.45 bits per heavy atom. The van der Waals surface area contributed by atoms with Crippen molar-refractivity contribution >= 4 is 5.91 Å². The van der Waals surface area contributed by atoms with E-state index in [-0.39, 0.29) is 5.91 Å². The summed E-state index contributed by atoms with van der Waals surface area (Å²) in [7, 11) is 1.78. The van der Waals surface area contributed by atoms with Crippen molar-refractivity contribution in [2.24, 2.45) is 0 Å². The van der Waals surface area contributed by atoms with Crippen molar-refractivity contribution in [3.63, 3.8) is 0 Å². The van der Waals surface area contributed by atoms with Crippen LogP contribution in [0.25, 0.3) is 17.1 Å². The van der Waals surface area contributed by atoms with Crippen molar-refractivity contribution in [3.8, 4) is 17.1 Å². The van der Waals surface area contributed by atoms with Gasteiger partial charge in [0, 0.05) is 31.4 Å². The van der Waals surface area contributed by atoms with Gasteiger partial charge in [0.1, 0.15) is 11.4 Å². The van der Waals surface area contributed by atoms with Gasteiger partial charge < -0.3 is 9.32 Å². The van der Waals surface area contributed by atoms with Crippen LogP contribution in [0.1, 0.15) is 21.6 Å². The van der Waals surface area contributed by atoms with Gasteiger partial charge in [-0.1, -0.05) is 48.5 Å². The molecule has 0 saturated heterocycles. The van der Waals surface area contributed by atoms with E-state index < -0.39 is 0 Å². The van der Waals surface area contributed by atoms with Gasteiger partial charge in [-0.15, -0.1) is 0 Å². The smallest absolute Gasteiger partial charge is 0.272 e. The number of carbonyl (C=O) groups excluding carboxylic acids is 1. The highest BCUT2D eigenvalue weighted by Crippen LogP contribution is 2.23. The molecule has 33 heavy (non-hydrogen) atoms. The molecule has 5 aromatic rings. The van der Waals surface area contributed by atoms with Gasteiger partial charge in [-0.3, -0.25) is 9.48 Å². The van der Waals surface area contributed by atoms with Gasteiger partial charge in [-0.2, -0.15) is 10.2 Å². The molecule has 0 fully saturated rings. The molecule has 0 spiro atoms. The summed E-state index contributed by atoms with van der Waals surface area (Å²) in [4.78, 5) is 15.1. The second-order valence-electron chi connectivity index (χ2n) is 7.83. The molecule has 3 aromatic heterocycles. The molecule has 164 valence electrons. The molecule has 5 rings (SSSR count). The van der Waals surface area contributed by atoms with Crippen LogP contribution in [0, 0.1) is 0 Å². The molecule has 0 bridgehead atoms. The zero-order chi connectivity index (χ0) is 22.6. The highest BCUT2D eigenvalue weighted by molar-refractivity contribution is 5.94. The average molecular weight is 438 g/mol. The fraction of sp³-hybridized carbons (Fsp3) is 0.115. The van der Waals surface area contributed by atoms with E-state index in [1.54, 1.807) is 41.2 Å². The third kappa shape index (κ3) is 4.48. The number of aromatic nitrogens is 4. The van der Waals surface area contributed by atoms with Crippen LogP contribution in [0.4, 0.5) is 0 Å². The Hall–Kier alpha value is -4.39. The quantitative estimate of drug-likeness (QED) is 0.372. The molecule has 0 radical (unpaired) electrons. The van der Waals surface area contributed by atoms with Crippen LogP contribution in [0.5, 0.6) is 0 Å². The zero-order valence-corrected chi connectivity index (χ0v) is 18.2. The number of rotatable bonds is 7. The third-order valence-corrected chi connectivity index (χ3v) is 5.34. The molecular formula is C26H23N5O2. The van der Waals surface area contributed by atoms with Gasteiger partial charge >= 0.3 is 0 Å². The van der Waals surface area contributed by atoms with Crippen LogP contribution in [0.2, 0.25) is 0 Å². The average Bonchev–Trinajstić information content (AvgIpc) is 3.61. The number of hydrogen-bond donors (Lipinski definition) is 0. The van der Waals surface area contributed by atoms with Gasteiger partial charge in [0.25, 0.3) is 5.91 Å². The molecule has 0 atom stereocenters. The molecule has 0 unspecified atom stereocenters. The van der Waals surface area contributed by atoms with E-state index in [0.717, 1.165) is 11.3 Å². The first-order valence-electron chi connectivity index (χ1n) is 10.7. The van der Waals surface area contributed by atoms with Crippen LogP contribution in [0.3, 0.4) is 0 Å². The second-order valence-corrected chi connectivity index (χ2v) is 7.83. The maximum Gasteiger partial charge on any atom is 0.272 e. The van der Waals surface area contributed by atoms with Crippen LogP contribution in [-0.4, -0.2) is 37.4 Å². The number of furan rings is 1. The predicted molar refractivity (Wildman–Crippen MR) is 125 cm³/mol. The van der Waals surface area contributed by atoms with Crippen molar-refractivity contribution in [1.82, 2.24) is 24.5 Å². The Labute approximate surface area is 191 Å². The molecule has 0 N–H and O–H groups in total. The first-order chi connectivity index (χ1) is 16.2. The van der Waals surface area contributed by atoms with Crippen LogP contribution >= 0.6 is 0 Å². The number of carbonyl (C=O) groups is 1. The monoisotopic (exact) mass is 437 g/mol. The van der Waals surface area contributed by atoms with E-state index in [1.807, 2.05) is 65.5 Å². The van der Waals surface area contributed by atoms with E-state index in [1.165, 1.54) is 5.56 Å². The lowest BCUT2D eigenvalue weighted by Crippen LogP contribution is -2.28. The first kappa shape index (κ1) is 20.5. The summed E-state index contributed by atoms with van der Waals surface area (Å²) in [5.74, 6) is 0.476. The number of amides is 1. The van der Waals surface area contributed by atoms with Crippen molar-refractivity contribution in [3.05, 3.63) is 114 Å². The molecule has 3 heterocycles. The minimum Gasteiger partial charge on any atom is -0.463 e. The summed E-state index contributed by atoms with van der Waals surface area (Å²) >= 11 is 0. The first-order valence-corrected chi connectivity index (χ1v) is 10.7. The summed E-state index contributed by atoms with van der Waals surface area (Å²) in [6.45, 7) is 1.12. The Morgan fingerprint density at radius 2 is 1.73 bits per heavy atom. The number of nitrogens with zero attached hydrogens (tertiary/aromatic N) is 5. The number of para-hydroxylation sites is 1. The normalized spacial score (nSPS) is 10.9. The van der Waals surface area contributed by atoms with Crippen molar-refractivity contribution in [2.75, 3.05) is 7.05 Å². The highest BCUT2D eigenvalue weighted by atomic mass is 16.3. The summed E-state index contributed by atoms with van der Waals surface area (Å²) in [6, 6.07) is 25.2. The lowest BCUT2D eigenvalue weighted by Gasteiger charge is -2.17. The van der Waals surface area contributed by atoms with Gasteiger partial charge in [0.15, 0.2) is 5.76 Å². The third-order valence-electron chi connectivity index (χ3n) is 5.34. The zero-order valence-electron chi connectivity index (χ0n) is 18.2. The molecule has 7 nitrogen and oxygen atoms in total. The van der Waals surface area contributed by atoms with Crippen LogP contribution in [0.15, 0.2) is 102 Å². The summed E-state index contributed by atoms with van der Waals surface area (Å²) in [5.41, 5.74) is 4.01. The molecule has 1 amide bonds. The highest BCUT2D eigenvalue weighted by Gasteiger charge is 2.22. The topological polar surface area (TPSA) is 69.1 Å². The van der Waals surface area contributed by atoms with E-state index in [4.69, 9.17) is 4.42 Å². The van der Waals surface area contributed by atoms with Crippen LogP contribution < -0.4 is 0 Å². The summed E-state index contributed by atoms with van der Waals surface area (Å²) in [5, 5.41) is 9.09. The lowest BCUT2D eigenvalue weighted by molar-refractivity contribution is 0.0776. The van der Waals surface area contributed by atoms with Crippen molar-refractivity contribution in [2.45, 2.75) is 13.1 Å². The minimum atomic E-state index is -0.139. The van der Waals surface area contributed by atoms with Gasteiger partial charge in [-0.25, -0.2) is 4.68 Å². The van der Waals surface area contributed by atoms with E-state index in [2.05, 4.69) is 22.3 Å². The Bertz CT molecular complexity index is 1340. The van der Waals surface area contributed by atoms with Gasteiger partial charge in [0.05, 0.1) is 24.7 Å². The van der Waals surface area contributed by atoms with E-state index in [9.17, 15) is 4.79 Å². The molecule has 2 aromatic carbocycles. The number of benzene rings is 2. The molecule has 0 aliphatic carbocycles. The Kier molecular flexibility index (Phi) is 5.59. The Balaban J connectivity index is 1.38. The van der Waals surface area contributed by atoms with Crippen LogP contribution in [-0.2, 0) is 13.1 Å². The van der Waals surface area contributed by atoms with E-state index in [0.29, 0.717) is 30.2 Å². The van der Waals surface area contributed by atoms with Gasteiger partial charge in [-0.05, 0) is 29.8 Å². The summed E-state index contributed by atoms with van der Waals surface area (Å²) < 4.78 is 9.04. The maximum atomic E-state index is 13.4. The lowest BCUT2D eigenvalue weighted by atomic mass is 10.2. The van der Waals surface area contributed by atoms with E-state index >= 15 is 0 Å². The molecule has 7 heteroatoms. The molecule has 0 aliphatic rings. The molecular weight excluding hydrogens is 414 g/mol.